The number of ether oxygens (including phenoxy) is 1. The zero-order valence-electron chi connectivity index (χ0n) is 25.0. The molecule has 2 aromatic carbocycles. The highest BCUT2D eigenvalue weighted by Crippen LogP contribution is 2.48. The van der Waals surface area contributed by atoms with Crippen molar-refractivity contribution in [2.45, 2.75) is 62.9 Å². The van der Waals surface area contributed by atoms with Gasteiger partial charge in [-0.25, -0.2) is 9.78 Å². The molecule has 2 atom stereocenters. The first kappa shape index (κ1) is 27.1. The minimum Gasteiger partial charge on any atom is -0.444 e. The second-order valence-corrected chi connectivity index (χ2v) is 12.7. The van der Waals surface area contributed by atoms with E-state index < -0.39 is 16.8 Å². The summed E-state index contributed by atoms with van der Waals surface area (Å²) in [6.07, 6.45) is 16.9. The Balaban J connectivity index is 1.25. The number of para-hydroxylation sites is 1. The van der Waals surface area contributed by atoms with Gasteiger partial charge >= 0.3 is 6.09 Å². The molecule has 1 spiro atoms. The molecule has 9 nitrogen and oxygen atoms in total. The highest BCUT2D eigenvalue weighted by molar-refractivity contribution is 6.00. The summed E-state index contributed by atoms with van der Waals surface area (Å²) in [6.45, 7) is 5.66. The number of alkyl carbamates (subject to hydrolysis) is 1. The zero-order chi connectivity index (χ0) is 29.8. The number of hydrogen-bond acceptors (Lipinski definition) is 7. The average Bonchev–Trinajstić information content (AvgIpc) is 3.57. The van der Waals surface area contributed by atoms with Gasteiger partial charge in [0.2, 0.25) is 0 Å². The summed E-state index contributed by atoms with van der Waals surface area (Å²) in [6, 6.07) is 19.0. The molecule has 4 aliphatic rings. The summed E-state index contributed by atoms with van der Waals surface area (Å²) in [5, 5.41) is 7.98. The summed E-state index contributed by atoms with van der Waals surface area (Å²) in [5.74, 6) is 0.773. The topological polar surface area (TPSA) is 87.0 Å². The quantitative estimate of drug-likeness (QED) is 0.399. The van der Waals surface area contributed by atoms with Crippen molar-refractivity contribution in [3.63, 3.8) is 0 Å². The van der Waals surface area contributed by atoms with Gasteiger partial charge in [0.1, 0.15) is 11.3 Å². The first-order valence-corrected chi connectivity index (χ1v) is 14.8. The molecule has 7 rings (SSSR count). The van der Waals surface area contributed by atoms with E-state index in [-0.39, 0.29) is 12.1 Å². The number of nitrogens with one attached hydrogen (secondary N) is 2. The number of benzene rings is 2. The van der Waals surface area contributed by atoms with Crippen LogP contribution in [0.4, 0.5) is 10.5 Å². The van der Waals surface area contributed by atoms with E-state index in [9.17, 15) is 4.79 Å². The number of amidine groups is 1. The SMILES string of the molecule is Cn1cnc(C2=NNC34C=CN(c5ccccc5)C(c5ccc(C6(NC(=O)OC(C)(C)C)CCC6)cc5)C3=CC=CN24)c1. The lowest BCUT2D eigenvalue weighted by Crippen LogP contribution is -2.57. The van der Waals surface area contributed by atoms with Crippen LogP contribution in [0.5, 0.6) is 0 Å². The Morgan fingerprint density at radius 3 is 2.49 bits per heavy atom. The van der Waals surface area contributed by atoms with Crippen molar-refractivity contribution in [3.8, 4) is 0 Å². The first-order chi connectivity index (χ1) is 20.7. The monoisotopic (exact) mass is 575 g/mol. The second-order valence-electron chi connectivity index (χ2n) is 12.7. The van der Waals surface area contributed by atoms with Gasteiger partial charge in [0, 0.05) is 36.9 Å². The number of hydrazone groups is 1. The Morgan fingerprint density at radius 2 is 1.84 bits per heavy atom. The van der Waals surface area contributed by atoms with E-state index in [1.807, 2.05) is 44.6 Å². The van der Waals surface area contributed by atoms with E-state index in [0.717, 1.165) is 53.2 Å². The maximum absolute atomic E-state index is 12.8. The Hall–Kier alpha value is -4.79. The number of aryl methyl sites for hydroxylation is 1. The zero-order valence-corrected chi connectivity index (χ0v) is 25.0. The summed E-state index contributed by atoms with van der Waals surface area (Å²) in [5.41, 5.74) is 7.13. The second kappa shape index (κ2) is 9.90. The van der Waals surface area contributed by atoms with Gasteiger partial charge in [0.25, 0.3) is 0 Å². The predicted octanol–water partition coefficient (Wildman–Crippen LogP) is 5.82. The molecule has 1 aromatic heterocycles. The molecule has 2 unspecified atom stereocenters. The van der Waals surface area contributed by atoms with Gasteiger partial charge in [-0.3, -0.25) is 10.3 Å². The number of carbonyl (C=O) groups excluding carboxylic acids is 1. The van der Waals surface area contributed by atoms with Crippen molar-refractivity contribution < 1.29 is 9.53 Å². The van der Waals surface area contributed by atoms with Crippen LogP contribution in [0.25, 0.3) is 0 Å². The molecule has 4 heterocycles. The number of imidazole rings is 1. The summed E-state index contributed by atoms with van der Waals surface area (Å²) < 4.78 is 7.54. The molecule has 0 saturated heterocycles. The molecule has 0 radical (unpaired) electrons. The largest absolute Gasteiger partial charge is 0.444 e. The number of hydrogen-bond donors (Lipinski definition) is 2. The molecule has 1 saturated carbocycles. The summed E-state index contributed by atoms with van der Waals surface area (Å²) in [7, 11) is 1.96. The predicted molar refractivity (Wildman–Crippen MR) is 167 cm³/mol. The highest BCUT2D eigenvalue weighted by Gasteiger charge is 2.51. The molecule has 2 N–H and O–H groups in total. The summed E-state index contributed by atoms with van der Waals surface area (Å²) >= 11 is 0. The highest BCUT2D eigenvalue weighted by atomic mass is 16.6. The van der Waals surface area contributed by atoms with Gasteiger partial charge in [-0.2, -0.15) is 5.10 Å². The van der Waals surface area contributed by atoms with Crippen LogP contribution in [0.3, 0.4) is 0 Å². The smallest absolute Gasteiger partial charge is 0.408 e. The third-order valence-corrected chi connectivity index (χ3v) is 8.66. The van der Waals surface area contributed by atoms with Gasteiger partial charge in [-0.15, -0.1) is 0 Å². The molecule has 220 valence electrons. The average molecular weight is 576 g/mol. The number of carbonyl (C=O) groups is 1. The van der Waals surface area contributed by atoms with Crippen molar-refractivity contribution in [1.29, 1.82) is 0 Å². The van der Waals surface area contributed by atoms with Crippen LogP contribution in [0.1, 0.15) is 62.9 Å². The van der Waals surface area contributed by atoms with Gasteiger partial charge < -0.3 is 19.5 Å². The van der Waals surface area contributed by atoms with Gasteiger partial charge in [0.05, 0.1) is 17.9 Å². The van der Waals surface area contributed by atoms with E-state index in [1.54, 1.807) is 6.33 Å². The standard InChI is InChI=1S/C34H37N7O2/c1-32(2,3)43-31(42)36-33(17-9-18-33)25-15-13-24(14-16-25)29-27-12-8-20-41-30(28-22-39(4)23-35-28)37-38-34(27,41)19-21-40(29)26-10-6-5-7-11-26/h5-8,10-16,19-23,29,38H,9,17-18H2,1-4H3,(H,36,42). The lowest BCUT2D eigenvalue weighted by molar-refractivity contribution is 0.0377. The number of amides is 1. The Bertz CT molecular complexity index is 1660. The fourth-order valence-electron chi connectivity index (χ4n) is 6.49. The number of anilines is 1. The molecule has 1 amide bonds. The molecular weight excluding hydrogens is 538 g/mol. The molecule has 3 aromatic rings. The maximum atomic E-state index is 12.8. The van der Waals surface area contributed by atoms with Crippen LogP contribution in [-0.4, -0.2) is 37.6 Å². The van der Waals surface area contributed by atoms with Crippen molar-refractivity contribution in [2.24, 2.45) is 12.1 Å². The fourth-order valence-corrected chi connectivity index (χ4v) is 6.49. The van der Waals surface area contributed by atoms with E-state index in [1.165, 1.54) is 0 Å². The van der Waals surface area contributed by atoms with Crippen molar-refractivity contribution >= 4 is 17.6 Å². The van der Waals surface area contributed by atoms with Crippen molar-refractivity contribution in [2.75, 3.05) is 4.90 Å². The third-order valence-electron chi connectivity index (χ3n) is 8.66. The molecular formula is C34H37N7O2. The number of nitrogens with zero attached hydrogens (tertiary/aromatic N) is 5. The Labute approximate surface area is 252 Å². The van der Waals surface area contributed by atoms with Gasteiger partial charge in [-0.1, -0.05) is 48.5 Å². The van der Waals surface area contributed by atoms with Gasteiger partial charge in [0.15, 0.2) is 11.5 Å². The lowest BCUT2D eigenvalue weighted by Gasteiger charge is -2.48. The Kier molecular flexibility index (Phi) is 6.23. The van der Waals surface area contributed by atoms with Crippen LogP contribution < -0.4 is 15.6 Å². The van der Waals surface area contributed by atoms with Crippen LogP contribution >= 0.6 is 0 Å². The van der Waals surface area contributed by atoms with E-state index >= 15 is 0 Å². The van der Waals surface area contributed by atoms with Gasteiger partial charge in [-0.05, 0) is 75.4 Å². The minimum absolute atomic E-state index is 0.115. The maximum Gasteiger partial charge on any atom is 0.408 e. The Morgan fingerprint density at radius 1 is 1.07 bits per heavy atom. The van der Waals surface area contributed by atoms with Crippen LogP contribution in [0, 0.1) is 0 Å². The van der Waals surface area contributed by atoms with E-state index in [0.29, 0.717) is 0 Å². The number of aromatic nitrogens is 2. The number of allylic oxidation sites excluding steroid dienone is 2. The minimum atomic E-state index is -0.663. The molecule has 1 fully saturated rings. The molecule has 43 heavy (non-hydrogen) atoms. The van der Waals surface area contributed by atoms with E-state index in [4.69, 9.17) is 9.84 Å². The molecule has 9 heteroatoms. The normalized spacial score (nSPS) is 23.4. The number of rotatable bonds is 5. The third kappa shape index (κ3) is 4.59. The van der Waals surface area contributed by atoms with Crippen molar-refractivity contribution in [1.82, 2.24) is 25.2 Å². The lowest BCUT2D eigenvalue weighted by atomic mass is 9.71. The van der Waals surface area contributed by atoms with Crippen LogP contribution in [-0.2, 0) is 17.3 Å². The summed E-state index contributed by atoms with van der Waals surface area (Å²) in [4.78, 5) is 21.8. The van der Waals surface area contributed by atoms with Crippen LogP contribution in [0.15, 0.2) is 108 Å². The fraction of sp³-hybridized carbons (Fsp3) is 0.324. The molecule has 0 bridgehead atoms. The first-order valence-electron chi connectivity index (χ1n) is 14.8. The van der Waals surface area contributed by atoms with E-state index in [2.05, 4.69) is 105 Å². The molecule has 3 aliphatic heterocycles. The molecule has 1 aliphatic carbocycles. The van der Waals surface area contributed by atoms with Crippen molar-refractivity contribution in [3.05, 3.63) is 120 Å². The van der Waals surface area contributed by atoms with Crippen LogP contribution in [0.2, 0.25) is 0 Å².